The molecule has 0 saturated heterocycles. The summed E-state index contributed by atoms with van der Waals surface area (Å²) in [4.78, 5) is 0.851. The summed E-state index contributed by atoms with van der Waals surface area (Å²) >= 11 is 1.45. The van der Waals surface area contributed by atoms with Gasteiger partial charge in [0, 0.05) is 11.9 Å². The van der Waals surface area contributed by atoms with Crippen molar-refractivity contribution in [3.8, 4) is 22.6 Å². The molecule has 0 aliphatic carbocycles. The maximum Gasteiger partial charge on any atom is 0.387 e. The van der Waals surface area contributed by atoms with Crippen molar-refractivity contribution in [2.24, 2.45) is 0 Å². The minimum Gasteiger partial charge on any atom is -0.506 e. The number of rotatable bonds is 5. The van der Waals surface area contributed by atoms with Gasteiger partial charge in [0.2, 0.25) is 0 Å². The molecule has 0 aliphatic rings. The molecule has 1 aromatic heterocycles. The minimum atomic E-state index is -2.86. The average Bonchev–Trinajstić information content (AvgIpc) is 2.74. The molecule has 2 rings (SSSR count). The molecule has 108 valence electrons. The molecule has 0 saturated carbocycles. The van der Waals surface area contributed by atoms with Crippen molar-refractivity contribution < 1.29 is 18.6 Å². The monoisotopic (exact) mass is 299 g/mol. The molecule has 20 heavy (non-hydrogen) atoms. The number of hydrogen-bond acceptors (Lipinski definition) is 4. The van der Waals surface area contributed by atoms with E-state index in [1.54, 1.807) is 19.2 Å². The van der Waals surface area contributed by atoms with Crippen LogP contribution >= 0.6 is 11.3 Å². The fraction of sp³-hybridized carbons (Fsp3) is 0.286. The molecule has 6 heteroatoms. The summed E-state index contributed by atoms with van der Waals surface area (Å²) < 4.78 is 28.9. The fourth-order valence-electron chi connectivity index (χ4n) is 1.98. The lowest BCUT2D eigenvalue weighted by atomic mass is 10.1. The normalized spacial score (nSPS) is 10.8. The molecule has 0 bridgehead atoms. The van der Waals surface area contributed by atoms with Crippen molar-refractivity contribution in [2.75, 3.05) is 12.4 Å². The summed E-state index contributed by atoms with van der Waals surface area (Å²) in [5.74, 6) is 0.263. The van der Waals surface area contributed by atoms with Gasteiger partial charge in [0.05, 0.1) is 5.56 Å². The summed E-state index contributed by atoms with van der Waals surface area (Å²) in [5, 5.41) is 14.1. The first-order valence-electron chi connectivity index (χ1n) is 6.14. The van der Waals surface area contributed by atoms with Gasteiger partial charge in [-0.15, -0.1) is 11.3 Å². The molecule has 2 aromatic rings. The number of halogens is 2. The highest BCUT2D eigenvalue weighted by Crippen LogP contribution is 2.46. The summed E-state index contributed by atoms with van der Waals surface area (Å²) in [6, 6.07) is 6.32. The Morgan fingerprint density at radius 2 is 2.15 bits per heavy atom. The molecule has 0 spiro atoms. The average molecular weight is 299 g/mol. The highest BCUT2D eigenvalue weighted by atomic mass is 32.1. The first kappa shape index (κ1) is 14.6. The number of nitrogens with one attached hydrogen (secondary N) is 1. The van der Waals surface area contributed by atoms with Crippen LogP contribution in [0.4, 0.5) is 13.8 Å². The lowest BCUT2D eigenvalue weighted by Gasteiger charge is -2.08. The van der Waals surface area contributed by atoms with E-state index in [1.807, 2.05) is 6.92 Å². The van der Waals surface area contributed by atoms with Gasteiger partial charge < -0.3 is 15.2 Å². The molecule has 0 radical (unpaired) electrons. The third-order valence-electron chi connectivity index (χ3n) is 2.85. The molecular formula is C14H15F2NO2S. The van der Waals surface area contributed by atoms with E-state index in [0.717, 1.165) is 9.88 Å². The molecule has 0 amide bonds. The Labute approximate surface area is 119 Å². The molecule has 0 aliphatic heterocycles. The van der Waals surface area contributed by atoms with Crippen molar-refractivity contribution in [1.82, 2.24) is 0 Å². The van der Waals surface area contributed by atoms with Gasteiger partial charge in [-0.3, -0.25) is 0 Å². The summed E-state index contributed by atoms with van der Waals surface area (Å²) in [5.41, 5.74) is 1.26. The zero-order valence-electron chi connectivity index (χ0n) is 11.1. The van der Waals surface area contributed by atoms with Crippen LogP contribution in [-0.2, 0) is 6.42 Å². The van der Waals surface area contributed by atoms with Crippen molar-refractivity contribution in [2.45, 2.75) is 20.0 Å². The van der Waals surface area contributed by atoms with Crippen LogP contribution in [0.15, 0.2) is 24.3 Å². The molecule has 1 heterocycles. The molecule has 0 atom stereocenters. The second-order valence-electron chi connectivity index (χ2n) is 4.09. The van der Waals surface area contributed by atoms with E-state index in [0.29, 0.717) is 17.5 Å². The number of aromatic hydroxyl groups is 1. The number of alkyl halides is 2. The standard InChI is InChI=1S/C14H15F2NO2S/c1-3-10-12(18)11(13(17-2)20-10)8-5-4-6-9(7-8)19-14(15)16/h4-7,14,17-18H,3H2,1-2H3. The van der Waals surface area contributed by atoms with Gasteiger partial charge in [0.25, 0.3) is 0 Å². The van der Waals surface area contributed by atoms with Crippen LogP contribution in [0.3, 0.4) is 0 Å². The topological polar surface area (TPSA) is 41.5 Å². The number of aryl methyl sites for hydroxylation is 1. The van der Waals surface area contributed by atoms with E-state index in [2.05, 4.69) is 10.1 Å². The molecule has 3 nitrogen and oxygen atoms in total. The lowest BCUT2D eigenvalue weighted by Crippen LogP contribution is -2.01. The van der Waals surface area contributed by atoms with E-state index in [9.17, 15) is 13.9 Å². The Bertz CT molecular complexity index is 599. The Balaban J connectivity index is 2.48. The lowest BCUT2D eigenvalue weighted by molar-refractivity contribution is -0.0498. The quantitative estimate of drug-likeness (QED) is 0.863. The molecule has 0 fully saturated rings. The maximum atomic E-state index is 12.3. The van der Waals surface area contributed by atoms with E-state index >= 15 is 0 Å². The highest BCUT2D eigenvalue weighted by Gasteiger charge is 2.18. The second-order valence-corrected chi connectivity index (χ2v) is 5.19. The Morgan fingerprint density at radius 1 is 1.40 bits per heavy atom. The van der Waals surface area contributed by atoms with Gasteiger partial charge in [0.15, 0.2) is 0 Å². The molecule has 0 unspecified atom stereocenters. The first-order valence-corrected chi connectivity index (χ1v) is 6.96. The number of thiophene rings is 1. The van der Waals surface area contributed by atoms with Gasteiger partial charge in [-0.25, -0.2) is 0 Å². The van der Waals surface area contributed by atoms with Crippen LogP contribution in [0, 0.1) is 0 Å². The number of ether oxygens (including phenoxy) is 1. The Kier molecular flexibility index (Phi) is 4.44. The van der Waals surface area contributed by atoms with E-state index in [-0.39, 0.29) is 11.5 Å². The zero-order chi connectivity index (χ0) is 14.7. The molecular weight excluding hydrogens is 284 g/mol. The largest absolute Gasteiger partial charge is 0.506 e. The molecule has 1 aromatic carbocycles. The van der Waals surface area contributed by atoms with Crippen molar-refractivity contribution in [3.63, 3.8) is 0 Å². The van der Waals surface area contributed by atoms with Crippen LogP contribution in [0.1, 0.15) is 11.8 Å². The maximum absolute atomic E-state index is 12.3. The van der Waals surface area contributed by atoms with Gasteiger partial charge in [-0.1, -0.05) is 19.1 Å². The van der Waals surface area contributed by atoms with Crippen LogP contribution in [0.5, 0.6) is 11.5 Å². The Hall–Kier alpha value is -1.82. The van der Waals surface area contributed by atoms with Gasteiger partial charge in [-0.2, -0.15) is 8.78 Å². The smallest absolute Gasteiger partial charge is 0.387 e. The molecule has 2 N–H and O–H groups in total. The minimum absolute atomic E-state index is 0.0724. The van der Waals surface area contributed by atoms with Gasteiger partial charge >= 0.3 is 6.61 Å². The number of anilines is 1. The van der Waals surface area contributed by atoms with Crippen molar-refractivity contribution >= 4 is 16.3 Å². The number of hydrogen-bond donors (Lipinski definition) is 2. The van der Waals surface area contributed by atoms with Crippen LogP contribution in [-0.4, -0.2) is 18.8 Å². The second kappa shape index (κ2) is 6.09. The van der Waals surface area contributed by atoms with Crippen molar-refractivity contribution in [3.05, 3.63) is 29.1 Å². The SMILES string of the molecule is CCc1sc(NC)c(-c2cccc(OC(F)F)c2)c1O. The van der Waals surface area contributed by atoms with Crippen molar-refractivity contribution in [1.29, 1.82) is 0 Å². The summed E-state index contributed by atoms with van der Waals surface area (Å²) in [7, 11) is 1.76. The fourth-order valence-corrected chi connectivity index (χ4v) is 2.99. The Morgan fingerprint density at radius 3 is 2.75 bits per heavy atom. The van der Waals surface area contributed by atoms with Crippen LogP contribution < -0.4 is 10.1 Å². The van der Waals surface area contributed by atoms with E-state index < -0.39 is 6.61 Å². The highest BCUT2D eigenvalue weighted by molar-refractivity contribution is 7.17. The van der Waals surface area contributed by atoms with Gasteiger partial charge in [0.1, 0.15) is 16.5 Å². The third-order valence-corrected chi connectivity index (χ3v) is 4.19. The number of benzene rings is 1. The van der Waals surface area contributed by atoms with Crippen LogP contribution in [0.25, 0.3) is 11.1 Å². The van der Waals surface area contributed by atoms with Crippen LogP contribution in [0.2, 0.25) is 0 Å². The predicted molar refractivity (Wildman–Crippen MR) is 77.0 cm³/mol. The third kappa shape index (κ3) is 2.85. The first-order chi connectivity index (χ1) is 9.56. The van der Waals surface area contributed by atoms with E-state index in [4.69, 9.17) is 0 Å². The summed E-state index contributed by atoms with van der Waals surface area (Å²) in [6.45, 7) is -0.915. The predicted octanol–water partition coefficient (Wildman–Crippen LogP) is 4.33. The summed E-state index contributed by atoms with van der Waals surface area (Å²) in [6.07, 6.45) is 0.707. The zero-order valence-corrected chi connectivity index (χ0v) is 11.9. The van der Waals surface area contributed by atoms with E-state index in [1.165, 1.54) is 23.5 Å². The van der Waals surface area contributed by atoms with Gasteiger partial charge in [-0.05, 0) is 24.1 Å².